The van der Waals surface area contributed by atoms with Crippen LogP contribution in [0.1, 0.15) is 23.1 Å². The predicted molar refractivity (Wildman–Crippen MR) is 67.3 cm³/mol. The summed E-state index contributed by atoms with van der Waals surface area (Å²) in [5, 5.41) is 1.61. The molecule has 78 valence electrons. The van der Waals surface area contributed by atoms with Crippen molar-refractivity contribution in [2.45, 2.75) is 33.2 Å². The maximum absolute atomic E-state index is 5.53. The molecule has 0 aliphatic rings. The molecule has 0 heterocycles. The standard InChI is InChI=1S/C12H21NSi/c1-9-10(2)12(14-3)7-6-11(9)5-4-8-13/h6-7H,4-5,8,13-14H2,1-3H3. The smallest absolute Gasteiger partial charge is 0.0520 e. The van der Waals surface area contributed by atoms with E-state index in [4.69, 9.17) is 5.73 Å². The lowest BCUT2D eigenvalue weighted by molar-refractivity contribution is 0.827. The molecular weight excluding hydrogens is 186 g/mol. The van der Waals surface area contributed by atoms with Gasteiger partial charge in [-0.2, -0.15) is 0 Å². The average Bonchev–Trinajstić information content (AvgIpc) is 2.20. The molecule has 2 N–H and O–H groups in total. The van der Waals surface area contributed by atoms with E-state index >= 15 is 0 Å². The lowest BCUT2D eigenvalue weighted by atomic mass is 10.00. The number of nitrogens with two attached hydrogens (primary N) is 1. The minimum atomic E-state index is -0.0189. The molecular formula is C12H21NSi. The van der Waals surface area contributed by atoms with Crippen molar-refractivity contribution in [3.8, 4) is 0 Å². The summed E-state index contributed by atoms with van der Waals surface area (Å²) in [4.78, 5) is 0. The molecule has 0 unspecified atom stereocenters. The highest BCUT2D eigenvalue weighted by atomic mass is 28.2. The monoisotopic (exact) mass is 207 g/mol. The van der Waals surface area contributed by atoms with Crippen LogP contribution in [0.15, 0.2) is 12.1 Å². The maximum Gasteiger partial charge on any atom is 0.0520 e. The fourth-order valence-electron chi connectivity index (χ4n) is 1.88. The number of aryl methyl sites for hydroxylation is 1. The average molecular weight is 207 g/mol. The normalized spacial score (nSPS) is 11.4. The molecule has 1 rings (SSSR count). The van der Waals surface area contributed by atoms with E-state index in [1.165, 1.54) is 16.7 Å². The van der Waals surface area contributed by atoms with Gasteiger partial charge in [-0.1, -0.05) is 23.9 Å². The van der Waals surface area contributed by atoms with Crippen molar-refractivity contribution in [3.05, 3.63) is 28.8 Å². The van der Waals surface area contributed by atoms with Gasteiger partial charge in [-0.05, 0) is 49.9 Å². The minimum Gasteiger partial charge on any atom is -0.330 e. The van der Waals surface area contributed by atoms with Gasteiger partial charge in [0.1, 0.15) is 0 Å². The van der Waals surface area contributed by atoms with Crippen LogP contribution in [0.3, 0.4) is 0 Å². The molecule has 0 aliphatic heterocycles. The van der Waals surface area contributed by atoms with Crippen molar-refractivity contribution < 1.29 is 0 Å². The highest BCUT2D eigenvalue weighted by molar-refractivity contribution is 6.52. The van der Waals surface area contributed by atoms with Crippen molar-refractivity contribution in [2.24, 2.45) is 5.73 Å². The van der Waals surface area contributed by atoms with E-state index in [0.717, 1.165) is 19.4 Å². The van der Waals surface area contributed by atoms with Crippen LogP contribution in [0.4, 0.5) is 0 Å². The third kappa shape index (κ3) is 2.46. The summed E-state index contributed by atoms with van der Waals surface area (Å²) >= 11 is 0. The Kier molecular flexibility index (Phi) is 4.36. The second-order valence-electron chi connectivity index (χ2n) is 3.88. The Bertz CT molecular complexity index is 307. The van der Waals surface area contributed by atoms with Gasteiger partial charge in [-0.3, -0.25) is 0 Å². The molecule has 1 aromatic rings. The molecule has 0 saturated carbocycles. The lowest BCUT2D eigenvalue weighted by Crippen LogP contribution is -2.17. The van der Waals surface area contributed by atoms with Crippen molar-refractivity contribution in [1.29, 1.82) is 0 Å². The zero-order valence-corrected chi connectivity index (χ0v) is 11.0. The Morgan fingerprint density at radius 2 is 1.93 bits per heavy atom. The largest absolute Gasteiger partial charge is 0.330 e. The highest BCUT2D eigenvalue weighted by Crippen LogP contribution is 2.12. The van der Waals surface area contributed by atoms with E-state index in [0.29, 0.717) is 0 Å². The molecule has 0 aliphatic carbocycles. The minimum absolute atomic E-state index is 0.0189. The van der Waals surface area contributed by atoms with E-state index in [2.05, 4.69) is 32.5 Å². The topological polar surface area (TPSA) is 26.0 Å². The van der Waals surface area contributed by atoms with Crippen molar-refractivity contribution in [3.63, 3.8) is 0 Å². The van der Waals surface area contributed by atoms with Crippen LogP contribution in [0.2, 0.25) is 6.55 Å². The SMILES string of the molecule is C[SiH2]c1ccc(CCCN)c(C)c1C. The van der Waals surface area contributed by atoms with Crippen LogP contribution in [0.5, 0.6) is 0 Å². The van der Waals surface area contributed by atoms with Crippen molar-refractivity contribution in [2.75, 3.05) is 6.54 Å². The van der Waals surface area contributed by atoms with Crippen molar-refractivity contribution >= 4 is 14.7 Å². The second-order valence-corrected chi connectivity index (χ2v) is 5.35. The van der Waals surface area contributed by atoms with E-state index in [1.54, 1.807) is 5.19 Å². The first-order valence-corrected chi connectivity index (χ1v) is 7.60. The van der Waals surface area contributed by atoms with Gasteiger partial charge in [-0.25, -0.2) is 0 Å². The molecule has 1 nitrogen and oxygen atoms in total. The van der Waals surface area contributed by atoms with Gasteiger partial charge in [0.25, 0.3) is 0 Å². The zero-order valence-electron chi connectivity index (χ0n) is 9.56. The summed E-state index contributed by atoms with van der Waals surface area (Å²) in [5.41, 5.74) is 10.0. The first kappa shape index (κ1) is 11.5. The molecule has 2 heteroatoms. The maximum atomic E-state index is 5.53. The van der Waals surface area contributed by atoms with Gasteiger partial charge in [0.05, 0.1) is 9.52 Å². The summed E-state index contributed by atoms with van der Waals surface area (Å²) in [5.74, 6) is 0. The van der Waals surface area contributed by atoms with Crippen LogP contribution >= 0.6 is 0 Å². The van der Waals surface area contributed by atoms with Crippen LogP contribution in [-0.4, -0.2) is 16.1 Å². The summed E-state index contributed by atoms with van der Waals surface area (Å²) in [7, 11) is -0.0189. The van der Waals surface area contributed by atoms with Gasteiger partial charge in [0.2, 0.25) is 0 Å². The fraction of sp³-hybridized carbons (Fsp3) is 0.500. The molecule has 0 fully saturated rings. The summed E-state index contributed by atoms with van der Waals surface area (Å²) in [6.07, 6.45) is 2.23. The zero-order chi connectivity index (χ0) is 10.6. The van der Waals surface area contributed by atoms with Crippen LogP contribution in [-0.2, 0) is 6.42 Å². The molecule has 0 spiro atoms. The number of rotatable bonds is 4. The van der Waals surface area contributed by atoms with Gasteiger partial charge in [0.15, 0.2) is 0 Å². The van der Waals surface area contributed by atoms with Gasteiger partial charge in [-0.15, -0.1) is 0 Å². The fourth-order valence-corrected chi connectivity index (χ4v) is 3.03. The van der Waals surface area contributed by atoms with E-state index in [9.17, 15) is 0 Å². The van der Waals surface area contributed by atoms with Crippen LogP contribution < -0.4 is 10.9 Å². The second kappa shape index (κ2) is 5.32. The summed E-state index contributed by atoms with van der Waals surface area (Å²) in [6, 6.07) is 4.62. The molecule has 0 bridgehead atoms. The third-order valence-corrected chi connectivity index (χ3v) is 4.57. The lowest BCUT2D eigenvalue weighted by Gasteiger charge is -2.12. The van der Waals surface area contributed by atoms with Crippen LogP contribution in [0, 0.1) is 13.8 Å². The quantitative estimate of drug-likeness (QED) is 0.734. The summed E-state index contributed by atoms with van der Waals surface area (Å²) < 4.78 is 0. The predicted octanol–water partition coefficient (Wildman–Crippen LogP) is 1.04. The number of benzene rings is 1. The molecule has 14 heavy (non-hydrogen) atoms. The van der Waals surface area contributed by atoms with E-state index < -0.39 is 0 Å². The van der Waals surface area contributed by atoms with Crippen LogP contribution in [0.25, 0.3) is 0 Å². The van der Waals surface area contributed by atoms with E-state index in [1.807, 2.05) is 0 Å². The number of hydrogen-bond acceptors (Lipinski definition) is 1. The Labute approximate surface area is 89.5 Å². The molecule has 0 amide bonds. The molecule has 1 aromatic carbocycles. The molecule has 0 saturated heterocycles. The van der Waals surface area contributed by atoms with Crippen molar-refractivity contribution in [1.82, 2.24) is 0 Å². The first-order chi connectivity index (χ1) is 6.70. The Balaban J connectivity index is 2.92. The Hall–Kier alpha value is -0.603. The third-order valence-electron chi connectivity index (χ3n) is 3.04. The van der Waals surface area contributed by atoms with Gasteiger partial charge >= 0.3 is 0 Å². The number of hydrogen-bond donors (Lipinski definition) is 1. The molecule has 0 radical (unpaired) electrons. The Morgan fingerprint density at radius 1 is 1.21 bits per heavy atom. The first-order valence-electron chi connectivity index (χ1n) is 5.48. The summed E-state index contributed by atoms with van der Waals surface area (Å²) in [6.45, 7) is 7.64. The van der Waals surface area contributed by atoms with Gasteiger partial charge < -0.3 is 5.73 Å². The Morgan fingerprint density at radius 3 is 2.50 bits per heavy atom. The highest BCUT2D eigenvalue weighted by Gasteiger charge is 2.04. The van der Waals surface area contributed by atoms with Gasteiger partial charge in [0, 0.05) is 0 Å². The molecule has 0 aromatic heterocycles. The molecule has 0 atom stereocenters. The van der Waals surface area contributed by atoms with E-state index in [-0.39, 0.29) is 9.52 Å².